The highest BCUT2D eigenvalue weighted by molar-refractivity contribution is 7.92. The molecule has 0 atom stereocenters. The van der Waals surface area contributed by atoms with E-state index in [0.29, 0.717) is 0 Å². The number of nitrogens with one attached hydrogen (secondary N) is 1. The molecule has 0 bridgehead atoms. The minimum Gasteiger partial charge on any atom is -0.495 e. The van der Waals surface area contributed by atoms with Gasteiger partial charge in [-0.25, -0.2) is 8.42 Å². The van der Waals surface area contributed by atoms with Crippen molar-refractivity contribution in [1.29, 1.82) is 0 Å². The second-order valence-electron chi connectivity index (χ2n) is 6.97. The first-order valence-corrected chi connectivity index (χ1v) is 11.6. The summed E-state index contributed by atoms with van der Waals surface area (Å²) in [5.74, 6) is -0.435. The lowest BCUT2D eigenvalue weighted by molar-refractivity contribution is -0.384. The number of hydrogen-bond donors (Lipinski definition) is 1. The first-order chi connectivity index (χ1) is 14.6. The van der Waals surface area contributed by atoms with Gasteiger partial charge in [-0.1, -0.05) is 32.0 Å². The Morgan fingerprint density at radius 2 is 1.84 bits per heavy atom. The Labute approximate surface area is 182 Å². The van der Waals surface area contributed by atoms with Crippen LogP contribution in [0, 0.1) is 10.1 Å². The number of nitro benzene ring substituents is 1. The van der Waals surface area contributed by atoms with Gasteiger partial charge in [0.1, 0.15) is 18.0 Å². The highest BCUT2D eigenvalue weighted by Gasteiger charge is 2.26. The summed E-state index contributed by atoms with van der Waals surface area (Å²) >= 11 is 0. The van der Waals surface area contributed by atoms with Crippen molar-refractivity contribution < 1.29 is 22.9 Å². The van der Waals surface area contributed by atoms with Crippen LogP contribution in [-0.4, -0.2) is 39.2 Å². The number of sulfonamides is 1. The largest absolute Gasteiger partial charge is 0.495 e. The van der Waals surface area contributed by atoms with E-state index in [1.54, 1.807) is 0 Å². The predicted octanol–water partition coefficient (Wildman–Crippen LogP) is 2.81. The zero-order valence-electron chi connectivity index (χ0n) is 18.0. The molecule has 0 aliphatic carbocycles. The molecule has 0 saturated carbocycles. The van der Waals surface area contributed by atoms with Crippen molar-refractivity contribution in [3.05, 3.63) is 63.2 Å². The zero-order chi connectivity index (χ0) is 23.2. The first-order valence-electron chi connectivity index (χ1n) is 9.78. The normalized spacial score (nSPS) is 11.1. The maximum Gasteiger partial charge on any atom is 0.271 e. The Bertz CT molecular complexity index is 1070. The fraction of sp³-hybridized carbons (Fsp3) is 0.381. The molecule has 1 N–H and O–H groups in total. The number of benzene rings is 2. The Balaban J connectivity index is 2.28. The quantitative estimate of drug-likeness (QED) is 0.440. The van der Waals surface area contributed by atoms with E-state index in [9.17, 15) is 23.3 Å². The number of carbonyl (C=O) groups is 1. The molecule has 0 radical (unpaired) electrons. The number of non-ortho nitro benzene ring substituents is 1. The van der Waals surface area contributed by atoms with Gasteiger partial charge in [0.05, 0.1) is 18.3 Å². The lowest BCUT2D eigenvalue weighted by Gasteiger charge is -2.23. The Morgan fingerprint density at radius 1 is 1.13 bits per heavy atom. The lowest BCUT2D eigenvalue weighted by Crippen LogP contribution is -2.40. The second kappa shape index (κ2) is 10.3. The third-order valence-corrected chi connectivity index (χ3v) is 5.99. The number of anilines is 1. The van der Waals surface area contributed by atoms with Crippen molar-refractivity contribution in [1.82, 2.24) is 5.32 Å². The van der Waals surface area contributed by atoms with Crippen molar-refractivity contribution in [2.75, 3.05) is 24.2 Å². The number of carbonyl (C=O) groups excluding carboxylic acids is 1. The number of nitro groups is 1. The fourth-order valence-corrected chi connectivity index (χ4v) is 4.01. The number of rotatable bonds is 10. The summed E-state index contributed by atoms with van der Waals surface area (Å²) in [6.45, 7) is 3.77. The summed E-state index contributed by atoms with van der Waals surface area (Å²) in [6.07, 6.45) is 2.59. The highest BCUT2D eigenvalue weighted by Crippen LogP contribution is 2.33. The molecule has 0 saturated heterocycles. The van der Waals surface area contributed by atoms with Crippen LogP contribution in [0.25, 0.3) is 0 Å². The number of methoxy groups -OCH3 is 1. The third-order valence-electron chi connectivity index (χ3n) is 4.87. The van der Waals surface area contributed by atoms with Gasteiger partial charge < -0.3 is 10.1 Å². The number of amides is 1. The average molecular weight is 450 g/mol. The van der Waals surface area contributed by atoms with Crippen LogP contribution < -0.4 is 14.4 Å². The van der Waals surface area contributed by atoms with E-state index in [1.807, 2.05) is 32.0 Å². The molecule has 2 aromatic rings. The van der Waals surface area contributed by atoms with Crippen LogP contribution in [0.1, 0.15) is 30.5 Å². The summed E-state index contributed by atoms with van der Waals surface area (Å²) in [5, 5.41) is 13.9. The van der Waals surface area contributed by atoms with Crippen LogP contribution >= 0.6 is 0 Å². The van der Waals surface area contributed by atoms with E-state index in [1.165, 1.54) is 19.2 Å². The van der Waals surface area contributed by atoms with Gasteiger partial charge in [-0.15, -0.1) is 0 Å². The smallest absolute Gasteiger partial charge is 0.271 e. The van der Waals surface area contributed by atoms with Gasteiger partial charge in [0.25, 0.3) is 5.69 Å². The molecule has 9 nitrogen and oxygen atoms in total. The average Bonchev–Trinajstić information content (AvgIpc) is 2.74. The summed E-state index contributed by atoms with van der Waals surface area (Å²) in [7, 11) is -2.61. The third kappa shape index (κ3) is 6.17. The molecule has 2 aromatic carbocycles. The summed E-state index contributed by atoms with van der Waals surface area (Å²) in [5.41, 5.74) is 2.82. The monoisotopic (exact) mass is 449 g/mol. The minimum absolute atomic E-state index is 0.0726. The SMILES string of the molecule is CCc1ccc(CC)c(CNC(=O)CN(c2cc([N+](=O)[O-])ccc2OC)S(C)(=O)=O)c1. The molecule has 0 unspecified atom stereocenters. The van der Waals surface area contributed by atoms with Crippen molar-refractivity contribution in [3.8, 4) is 5.75 Å². The number of aryl methyl sites for hydroxylation is 2. The van der Waals surface area contributed by atoms with Crippen LogP contribution in [0.3, 0.4) is 0 Å². The van der Waals surface area contributed by atoms with Gasteiger partial charge in [-0.3, -0.25) is 19.2 Å². The molecule has 1 amide bonds. The van der Waals surface area contributed by atoms with Crippen molar-refractivity contribution in [2.24, 2.45) is 0 Å². The predicted molar refractivity (Wildman–Crippen MR) is 119 cm³/mol. The maximum atomic E-state index is 12.6. The zero-order valence-corrected chi connectivity index (χ0v) is 18.9. The fourth-order valence-electron chi connectivity index (χ4n) is 3.16. The van der Waals surface area contributed by atoms with E-state index in [-0.39, 0.29) is 23.7 Å². The van der Waals surface area contributed by atoms with Gasteiger partial charge in [0, 0.05) is 18.7 Å². The summed E-state index contributed by atoms with van der Waals surface area (Å²) in [6, 6.07) is 9.68. The summed E-state index contributed by atoms with van der Waals surface area (Å²) in [4.78, 5) is 23.1. The molecule has 0 aromatic heterocycles. The highest BCUT2D eigenvalue weighted by atomic mass is 32.2. The number of ether oxygens (including phenoxy) is 1. The van der Waals surface area contributed by atoms with Crippen molar-refractivity contribution in [2.45, 2.75) is 33.2 Å². The van der Waals surface area contributed by atoms with E-state index < -0.39 is 27.4 Å². The van der Waals surface area contributed by atoms with E-state index in [2.05, 4.69) is 5.32 Å². The molecule has 0 fully saturated rings. The van der Waals surface area contributed by atoms with Gasteiger partial charge in [0.15, 0.2) is 0 Å². The second-order valence-corrected chi connectivity index (χ2v) is 8.88. The molecule has 0 heterocycles. The van der Waals surface area contributed by atoms with Gasteiger partial charge in [-0.05, 0) is 35.6 Å². The van der Waals surface area contributed by atoms with Crippen LogP contribution in [0.2, 0.25) is 0 Å². The standard InChI is InChI=1S/C21H27N3O6S/c1-5-15-7-8-16(6-2)17(11-15)13-22-21(25)14-23(31(4,28)29)19-12-18(24(26)27)9-10-20(19)30-3/h7-12H,5-6,13-14H2,1-4H3,(H,22,25). The van der Waals surface area contributed by atoms with Gasteiger partial charge >= 0.3 is 0 Å². The van der Waals surface area contributed by atoms with Crippen molar-refractivity contribution >= 4 is 27.3 Å². The van der Waals surface area contributed by atoms with E-state index >= 15 is 0 Å². The molecule has 10 heteroatoms. The van der Waals surface area contributed by atoms with Crippen LogP contribution in [0.15, 0.2) is 36.4 Å². The first kappa shape index (κ1) is 24.1. The summed E-state index contributed by atoms with van der Waals surface area (Å²) < 4.78 is 30.8. The molecule has 0 aliphatic rings. The number of hydrogen-bond acceptors (Lipinski definition) is 6. The van der Waals surface area contributed by atoms with E-state index in [4.69, 9.17) is 4.74 Å². The maximum absolute atomic E-state index is 12.6. The lowest BCUT2D eigenvalue weighted by atomic mass is 10.0. The Morgan fingerprint density at radius 3 is 2.39 bits per heavy atom. The van der Waals surface area contributed by atoms with Gasteiger partial charge in [-0.2, -0.15) is 0 Å². The van der Waals surface area contributed by atoms with Crippen LogP contribution in [-0.2, 0) is 34.2 Å². The molecular formula is C21H27N3O6S. The van der Waals surface area contributed by atoms with Crippen LogP contribution in [0.5, 0.6) is 5.75 Å². The molecule has 0 spiro atoms. The minimum atomic E-state index is -3.92. The molecule has 168 valence electrons. The Hall–Kier alpha value is -3.14. The van der Waals surface area contributed by atoms with E-state index in [0.717, 1.165) is 46.2 Å². The topological polar surface area (TPSA) is 119 Å². The molecule has 0 aliphatic heterocycles. The number of nitrogens with zero attached hydrogens (tertiary/aromatic N) is 2. The molecule has 31 heavy (non-hydrogen) atoms. The Kier molecular flexibility index (Phi) is 7.98. The van der Waals surface area contributed by atoms with Gasteiger partial charge in [0.2, 0.25) is 15.9 Å². The molecular weight excluding hydrogens is 422 g/mol. The van der Waals surface area contributed by atoms with Crippen LogP contribution in [0.4, 0.5) is 11.4 Å². The van der Waals surface area contributed by atoms with Crippen molar-refractivity contribution in [3.63, 3.8) is 0 Å². The molecule has 2 rings (SSSR count).